The van der Waals surface area contributed by atoms with Crippen LogP contribution in [0.5, 0.6) is 0 Å². The zero-order valence-electron chi connectivity index (χ0n) is 9.66. The van der Waals surface area contributed by atoms with Gasteiger partial charge in [0.05, 0.1) is 17.4 Å². The largest absolute Gasteiger partial charge is 0.332 e. The van der Waals surface area contributed by atoms with Crippen molar-refractivity contribution in [1.82, 2.24) is 18.9 Å². The number of benzene rings is 1. The molecule has 0 N–H and O–H groups in total. The number of aromatic nitrogens is 4. The summed E-state index contributed by atoms with van der Waals surface area (Å²) >= 11 is 0. The molecule has 0 saturated heterocycles. The Morgan fingerprint density at radius 1 is 1.18 bits per heavy atom. The van der Waals surface area contributed by atoms with Crippen molar-refractivity contribution < 1.29 is 0 Å². The molecule has 0 bridgehead atoms. The lowest BCUT2D eigenvalue weighted by atomic mass is 10.2. The summed E-state index contributed by atoms with van der Waals surface area (Å²) < 4.78 is 4.98. The van der Waals surface area contributed by atoms with E-state index in [2.05, 4.69) is 5.10 Å². The molecule has 0 aliphatic rings. The van der Waals surface area contributed by atoms with Gasteiger partial charge >= 0.3 is 5.69 Å². The molecule has 3 rings (SSSR count). The van der Waals surface area contributed by atoms with E-state index in [0.29, 0.717) is 0 Å². The molecule has 0 atom stereocenters. The van der Waals surface area contributed by atoms with E-state index in [1.54, 1.807) is 34.8 Å². The summed E-state index contributed by atoms with van der Waals surface area (Å²) in [4.78, 5) is 11.8. The first-order chi connectivity index (χ1) is 8.16. The molecule has 3 aromatic rings. The highest BCUT2D eigenvalue weighted by Gasteiger charge is 2.05. The molecule has 2 aromatic heterocycles. The number of hydrogen-bond donors (Lipinski definition) is 0. The van der Waals surface area contributed by atoms with Gasteiger partial charge in [-0.15, -0.1) is 0 Å². The molecule has 0 aliphatic carbocycles. The van der Waals surface area contributed by atoms with E-state index in [0.717, 1.165) is 16.6 Å². The van der Waals surface area contributed by atoms with Crippen LogP contribution in [0.2, 0.25) is 0 Å². The normalized spacial score (nSPS) is 11.2. The molecule has 0 radical (unpaired) electrons. The number of fused-ring (bicyclic) bond motifs is 1. The van der Waals surface area contributed by atoms with Crippen LogP contribution in [0.3, 0.4) is 0 Å². The molecule has 0 spiro atoms. The van der Waals surface area contributed by atoms with Gasteiger partial charge in [-0.05, 0) is 18.2 Å². The Morgan fingerprint density at radius 2 is 2.00 bits per heavy atom. The monoisotopic (exact) mass is 228 g/mol. The summed E-state index contributed by atoms with van der Waals surface area (Å²) in [5.41, 5.74) is 1.86. The fourth-order valence-electron chi connectivity index (χ4n) is 1.96. The van der Waals surface area contributed by atoms with Crippen LogP contribution in [0.4, 0.5) is 0 Å². The average Bonchev–Trinajstić information content (AvgIpc) is 2.85. The highest BCUT2D eigenvalue weighted by molar-refractivity contribution is 5.80. The van der Waals surface area contributed by atoms with Crippen LogP contribution >= 0.6 is 0 Å². The molecule has 0 fully saturated rings. The summed E-state index contributed by atoms with van der Waals surface area (Å²) in [7, 11) is 3.64. The maximum absolute atomic E-state index is 11.8. The Labute approximate surface area is 97.5 Å². The SMILES string of the molecule is Cn1ccn(-c2ccc3c(cnn3C)c2)c1=O. The van der Waals surface area contributed by atoms with Crippen LogP contribution in [0.25, 0.3) is 16.6 Å². The van der Waals surface area contributed by atoms with Crippen molar-refractivity contribution in [2.75, 3.05) is 0 Å². The van der Waals surface area contributed by atoms with Crippen LogP contribution in [0, 0.1) is 0 Å². The maximum atomic E-state index is 11.8. The number of rotatable bonds is 1. The van der Waals surface area contributed by atoms with Gasteiger partial charge in [-0.2, -0.15) is 5.10 Å². The zero-order chi connectivity index (χ0) is 12.0. The Kier molecular flexibility index (Phi) is 1.95. The maximum Gasteiger partial charge on any atom is 0.332 e. The fourth-order valence-corrected chi connectivity index (χ4v) is 1.96. The summed E-state index contributed by atoms with van der Waals surface area (Å²) in [5.74, 6) is 0. The molecule has 17 heavy (non-hydrogen) atoms. The topological polar surface area (TPSA) is 44.8 Å². The lowest BCUT2D eigenvalue weighted by Crippen LogP contribution is -2.20. The lowest BCUT2D eigenvalue weighted by molar-refractivity contribution is 0.796. The van der Waals surface area contributed by atoms with Gasteiger partial charge in [0.25, 0.3) is 0 Å². The van der Waals surface area contributed by atoms with E-state index in [1.165, 1.54) is 0 Å². The number of aryl methyl sites for hydroxylation is 2. The number of hydrogen-bond acceptors (Lipinski definition) is 2. The van der Waals surface area contributed by atoms with E-state index in [9.17, 15) is 4.79 Å². The quantitative estimate of drug-likeness (QED) is 0.625. The van der Waals surface area contributed by atoms with Crippen molar-refractivity contribution in [2.45, 2.75) is 0 Å². The van der Waals surface area contributed by atoms with Gasteiger partial charge in [-0.1, -0.05) is 0 Å². The van der Waals surface area contributed by atoms with Crippen LogP contribution in [-0.4, -0.2) is 18.9 Å². The predicted octanol–water partition coefficient (Wildman–Crippen LogP) is 1.06. The van der Waals surface area contributed by atoms with Crippen LogP contribution in [0.1, 0.15) is 0 Å². The van der Waals surface area contributed by atoms with E-state index in [1.807, 2.05) is 29.9 Å². The standard InChI is InChI=1S/C12H12N4O/c1-14-5-6-16(12(14)17)10-3-4-11-9(7-10)8-13-15(11)2/h3-8H,1-2H3. The van der Waals surface area contributed by atoms with Gasteiger partial charge in [-0.3, -0.25) is 9.25 Å². The Morgan fingerprint density at radius 3 is 2.71 bits per heavy atom. The van der Waals surface area contributed by atoms with Crippen LogP contribution in [0.15, 0.2) is 41.6 Å². The van der Waals surface area contributed by atoms with Gasteiger partial charge in [0.2, 0.25) is 0 Å². The summed E-state index contributed by atoms with van der Waals surface area (Å²) in [6.45, 7) is 0. The molecule has 0 aliphatic heterocycles. The second kappa shape index (κ2) is 3.35. The van der Waals surface area contributed by atoms with Gasteiger partial charge in [0, 0.05) is 31.9 Å². The lowest BCUT2D eigenvalue weighted by Gasteiger charge is -2.01. The summed E-state index contributed by atoms with van der Waals surface area (Å²) in [5, 5.41) is 5.21. The second-order valence-corrected chi connectivity index (χ2v) is 4.07. The third kappa shape index (κ3) is 1.39. The zero-order valence-corrected chi connectivity index (χ0v) is 9.66. The summed E-state index contributed by atoms with van der Waals surface area (Å²) in [6, 6.07) is 5.85. The number of imidazole rings is 1. The van der Waals surface area contributed by atoms with Crippen molar-refractivity contribution in [2.24, 2.45) is 14.1 Å². The molecular weight excluding hydrogens is 216 g/mol. The van der Waals surface area contributed by atoms with Crippen LogP contribution < -0.4 is 5.69 Å². The first-order valence-corrected chi connectivity index (χ1v) is 5.33. The van der Waals surface area contributed by atoms with Gasteiger partial charge in [0.15, 0.2) is 0 Å². The predicted molar refractivity (Wildman–Crippen MR) is 65.3 cm³/mol. The van der Waals surface area contributed by atoms with Gasteiger partial charge in [0.1, 0.15) is 0 Å². The van der Waals surface area contributed by atoms with Crippen molar-refractivity contribution in [3.8, 4) is 5.69 Å². The molecule has 0 saturated carbocycles. The molecule has 0 unspecified atom stereocenters. The molecule has 86 valence electrons. The minimum atomic E-state index is -0.0479. The third-order valence-corrected chi connectivity index (χ3v) is 2.96. The van der Waals surface area contributed by atoms with E-state index >= 15 is 0 Å². The van der Waals surface area contributed by atoms with Crippen molar-refractivity contribution in [1.29, 1.82) is 0 Å². The first kappa shape index (κ1) is 9.89. The minimum absolute atomic E-state index is 0.0479. The number of nitrogens with zero attached hydrogens (tertiary/aromatic N) is 4. The summed E-state index contributed by atoms with van der Waals surface area (Å²) in [6.07, 6.45) is 5.31. The molecule has 2 heterocycles. The molecular formula is C12H12N4O. The Balaban J connectivity index is 2.25. The van der Waals surface area contributed by atoms with E-state index in [-0.39, 0.29) is 5.69 Å². The molecule has 1 aromatic carbocycles. The molecule has 0 amide bonds. The third-order valence-electron chi connectivity index (χ3n) is 2.96. The average molecular weight is 228 g/mol. The van der Waals surface area contributed by atoms with Gasteiger partial charge in [-0.25, -0.2) is 4.79 Å². The van der Waals surface area contributed by atoms with Crippen molar-refractivity contribution >= 4 is 10.9 Å². The molecule has 5 heteroatoms. The van der Waals surface area contributed by atoms with Crippen molar-refractivity contribution in [3.63, 3.8) is 0 Å². The Bertz CT molecular complexity index is 747. The second-order valence-electron chi connectivity index (χ2n) is 4.07. The van der Waals surface area contributed by atoms with Crippen LogP contribution in [-0.2, 0) is 14.1 Å². The van der Waals surface area contributed by atoms with Crippen molar-refractivity contribution in [3.05, 3.63) is 47.3 Å². The highest BCUT2D eigenvalue weighted by atomic mass is 16.1. The van der Waals surface area contributed by atoms with E-state index in [4.69, 9.17) is 0 Å². The molecule has 5 nitrogen and oxygen atoms in total. The Hall–Kier alpha value is -2.30. The van der Waals surface area contributed by atoms with Gasteiger partial charge < -0.3 is 4.57 Å². The fraction of sp³-hybridized carbons (Fsp3) is 0.167. The first-order valence-electron chi connectivity index (χ1n) is 5.33. The minimum Gasteiger partial charge on any atom is -0.302 e. The van der Waals surface area contributed by atoms with E-state index < -0.39 is 0 Å². The highest BCUT2D eigenvalue weighted by Crippen LogP contribution is 2.16. The smallest absolute Gasteiger partial charge is 0.302 e.